The second kappa shape index (κ2) is 9.69. The summed E-state index contributed by atoms with van der Waals surface area (Å²) < 4.78 is 11.6. The lowest BCUT2D eigenvalue weighted by atomic mass is 10.1. The minimum atomic E-state index is -0.270. The fourth-order valence-corrected chi connectivity index (χ4v) is 3.51. The summed E-state index contributed by atoms with van der Waals surface area (Å²) in [6, 6.07) is 9.75. The molecule has 2 amide bonds. The Kier molecular flexibility index (Phi) is 7.00. The number of fused-ring (bicyclic) bond motifs is 1. The zero-order valence-electron chi connectivity index (χ0n) is 18.8. The fraction of sp³-hybridized carbons (Fsp3) is 0.360. The van der Waals surface area contributed by atoms with Crippen LogP contribution in [0.15, 0.2) is 36.4 Å². The van der Waals surface area contributed by atoms with Crippen LogP contribution in [-0.2, 0) is 16.0 Å². The van der Waals surface area contributed by atoms with Crippen LogP contribution in [0.5, 0.6) is 11.5 Å². The first-order valence-corrected chi connectivity index (χ1v) is 10.5. The molecule has 2 aromatic carbocycles. The highest BCUT2D eigenvalue weighted by Gasteiger charge is 2.21. The summed E-state index contributed by atoms with van der Waals surface area (Å²) in [4.78, 5) is 26.3. The van der Waals surface area contributed by atoms with Crippen LogP contribution in [0, 0.1) is 13.8 Å². The summed E-state index contributed by atoms with van der Waals surface area (Å²) in [5, 5.41) is 2.88. The lowest BCUT2D eigenvalue weighted by molar-refractivity contribution is -0.129. The van der Waals surface area contributed by atoms with Crippen molar-refractivity contribution in [3.05, 3.63) is 58.7 Å². The number of likely N-dealkylation sites (N-methyl/N-ethyl adjacent to an activating group) is 1. The van der Waals surface area contributed by atoms with Crippen molar-refractivity contribution in [3.8, 4) is 11.5 Å². The molecule has 1 heterocycles. The van der Waals surface area contributed by atoms with Gasteiger partial charge in [-0.2, -0.15) is 0 Å². The number of amides is 2. The fourth-order valence-electron chi connectivity index (χ4n) is 3.51. The molecule has 31 heavy (non-hydrogen) atoms. The molecule has 0 spiro atoms. The van der Waals surface area contributed by atoms with Gasteiger partial charge in [0.05, 0.1) is 13.2 Å². The van der Waals surface area contributed by atoms with E-state index in [0.717, 1.165) is 45.9 Å². The Morgan fingerprint density at radius 2 is 2.03 bits per heavy atom. The molecule has 1 N–H and O–H groups in total. The Morgan fingerprint density at radius 3 is 2.77 bits per heavy atom. The van der Waals surface area contributed by atoms with Crippen LogP contribution in [0.1, 0.15) is 36.1 Å². The van der Waals surface area contributed by atoms with Crippen molar-refractivity contribution >= 4 is 23.6 Å². The summed E-state index contributed by atoms with van der Waals surface area (Å²) in [6.07, 6.45) is 4.13. The van der Waals surface area contributed by atoms with E-state index in [2.05, 4.69) is 5.32 Å². The number of anilines is 1. The van der Waals surface area contributed by atoms with Crippen LogP contribution in [0.4, 0.5) is 5.69 Å². The molecule has 6 nitrogen and oxygen atoms in total. The van der Waals surface area contributed by atoms with Gasteiger partial charge in [0.15, 0.2) is 0 Å². The summed E-state index contributed by atoms with van der Waals surface area (Å²) in [7, 11) is 1.60. The van der Waals surface area contributed by atoms with Gasteiger partial charge in [-0.15, -0.1) is 0 Å². The van der Waals surface area contributed by atoms with Crippen molar-refractivity contribution in [2.24, 2.45) is 0 Å². The number of rotatable bonds is 7. The van der Waals surface area contributed by atoms with Crippen molar-refractivity contribution in [1.29, 1.82) is 0 Å². The van der Waals surface area contributed by atoms with Gasteiger partial charge >= 0.3 is 0 Å². The maximum atomic E-state index is 12.6. The van der Waals surface area contributed by atoms with Crippen LogP contribution in [0.25, 0.3) is 6.08 Å². The molecule has 0 bridgehead atoms. The predicted octanol–water partition coefficient (Wildman–Crippen LogP) is 4.14. The topological polar surface area (TPSA) is 67.9 Å². The summed E-state index contributed by atoms with van der Waals surface area (Å²) in [6.45, 7) is 8.34. The van der Waals surface area contributed by atoms with Crippen LogP contribution >= 0.6 is 0 Å². The van der Waals surface area contributed by atoms with Crippen LogP contribution in [0.3, 0.4) is 0 Å². The van der Waals surface area contributed by atoms with Crippen molar-refractivity contribution in [1.82, 2.24) is 4.90 Å². The molecule has 0 fully saturated rings. The first kappa shape index (κ1) is 22.4. The van der Waals surface area contributed by atoms with Crippen molar-refractivity contribution < 1.29 is 19.1 Å². The zero-order valence-corrected chi connectivity index (χ0v) is 18.8. The van der Waals surface area contributed by atoms with E-state index >= 15 is 0 Å². The maximum absolute atomic E-state index is 12.6. The summed E-state index contributed by atoms with van der Waals surface area (Å²) >= 11 is 0. The van der Waals surface area contributed by atoms with E-state index in [1.807, 2.05) is 58.0 Å². The third kappa shape index (κ3) is 5.66. The predicted molar refractivity (Wildman–Crippen MR) is 123 cm³/mol. The molecule has 1 aliphatic heterocycles. The van der Waals surface area contributed by atoms with Crippen molar-refractivity contribution in [2.45, 2.75) is 40.2 Å². The molecule has 0 radical (unpaired) electrons. The van der Waals surface area contributed by atoms with Crippen LogP contribution in [0.2, 0.25) is 0 Å². The minimum Gasteiger partial charge on any atom is -0.493 e. The number of nitrogens with one attached hydrogen (secondary N) is 1. The van der Waals surface area contributed by atoms with Gasteiger partial charge in [-0.25, -0.2) is 0 Å². The van der Waals surface area contributed by atoms with Gasteiger partial charge in [-0.3, -0.25) is 9.59 Å². The van der Waals surface area contributed by atoms with E-state index < -0.39 is 0 Å². The smallest absolute Gasteiger partial charge is 0.246 e. The van der Waals surface area contributed by atoms with Gasteiger partial charge in [0.25, 0.3) is 0 Å². The average Bonchev–Trinajstić information content (AvgIpc) is 3.07. The van der Waals surface area contributed by atoms with Gasteiger partial charge < -0.3 is 19.7 Å². The molecular weight excluding hydrogens is 392 g/mol. The first-order chi connectivity index (χ1) is 14.8. The Hall–Kier alpha value is -3.28. The second-order valence-electron chi connectivity index (χ2n) is 7.96. The van der Waals surface area contributed by atoms with E-state index in [1.54, 1.807) is 13.1 Å². The standard InChI is InChI=1S/C25H30N2O4/c1-6-30-22-14-20-12-18(4)31-23(20)13-19(22)9-10-25(29)27(5)15-24(28)26-21-11-16(2)7-8-17(21)3/h7-11,13-14,18H,6,12,15H2,1-5H3,(H,26,28)/b10-9+/t18-/m0/s1. The number of hydrogen-bond donors (Lipinski definition) is 1. The molecule has 0 aliphatic carbocycles. The molecule has 0 aromatic heterocycles. The normalized spacial score (nSPS) is 14.8. The number of carbonyl (C=O) groups is 2. The molecule has 6 heteroatoms. The first-order valence-electron chi connectivity index (χ1n) is 10.5. The van der Waals surface area contributed by atoms with E-state index in [-0.39, 0.29) is 24.5 Å². The summed E-state index contributed by atoms with van der Waals surface area (Å²) in [5.74, 6) is 1.03. The number of hydrogen-bond acceptors (Lipinski definition) is 4. The van der Waals surface area contributed by atoms with Crippen molar-refractivity contribution in [3.63, 3.8) is 0 Å². The van der Waals surface area contributed by atoms with Gasteiger partial charge in [0.2, 0.25) is 11.8 Å². The highest BCUT2D eigenvalue weighted by molar-refractivity contribution is 5.98. The third-order valence-corrected chi connectivity index (χ3v) is 5.16. The third-order valence-electron chi connectivity index (χ3n) is 5.16. The number of benzene rings is 2. The van der Waals surface area contributed by atoms with Gasteiger partial charge in [0, 0.05) is 36.4 Å². The number of carbonyl (C=O) groups excluding carboxylic acids is 2. The molecule has 1 atom stereocenters. The molecule has 0 saturated heterocycles. The van der Waals surface area contributed by atoms with Crippen LogP contribution in [-0.4, -0.2) is 43.0 Å². The molecular formula is C25H30N2O4. The monoisotopic (exact) mass is 422 g/mol. The maximum Gasteiger partial charge on any atom is 0.246 e. The SMILES string of the molecule is CCOc1cc2c(cc1/C=C/C(=O)N(C)CC(=O)Nc1cc(C)ccc1C)O[C@@H](C)C2. The quantitative estimate of drug-likeness (QED) is 0.681. The Labute approximate surface area is 183 Å². The molecule has 3 rings (SSSR count). The van der Waals surface area contributed by atoms with Crippen molar-refractivity contribution in [2.75, 3.05) is 25.5 Å². The molecule has 2 aromatic rings. The average molecular weight is 423 g/mol. The van der Waals surface area contributed by atoms with E-state index in [4.69, 9.17) is 9.47 Å². The Bertz CT molecular complexity index is 1010. The molecule has 0 unspecified atom stereocenters. The number of nitrogens with zero attached hydrogens (tertiary/aromatic N) is 1. The lowest BCUT2D eigenvalue weighted by Gasteiger charge is -2.16. The lowest BCUT2D eigenvalue weighted by Crippen LogP contribution is -2.34. The van der Waals surface area contributed by atoms with E-state index in [9.17, 15) is 9.59 Å². The highest BCUT2D eigenvalue weighted by Crippen LogP contribution is 2.35. The molecule has 1 aliphatic rings. The van der Waals surface area contributed by atoms with Gasteiger partial charge in [-0.1, -0.05) is 12.1 Å². The van der Waals surface area contributed by atoms with E-state index in [1.165, 1.54) is 11.0 Å². The Balaban J connectivity index is 1.66. The minimum absolute atomic E-state index is 0.0420. The highest BCUT2D eigenvalue weighted by atomic mass is 16.5. The second-order valence-corrected chi connectivity index (χ2v) is 7.96. The number of ether oxygens (including phenoxy) is 2. The van der Waals surface area contributed by atoms with E-state index in [0.29, 0.717) is 6.61 Å². The van der Waals surface area contributed by atoms with Gasteiger partial charge in [-0.05, 0) is 63.1 Å². The number of aryl methyl sites for hydroxylation is 2. The summed E-state index contributed by atoms with van der Waals surface area (Å²) in [5.41, 5.74) is 4.68. The van der Waals surface area contributed by atoms with Crippen LogP contribution < -0.4 is 14.8 Å². The molecule has 164 valence electrons. The largest absolute Gasteiger partial charge is 0.493 e. The van der Waals surface area contributed by atoms with Gasteiger partial charge in [0.1, 0.15) is 17.6 Å². The molecule has 0 saturated carbocycles. The Morgan fingerprint density at radius 1 is 1.26 bits per heavy atom. The zero-order chi connectivity index (χ0) is 22.5.